The number of nitrogens with zero attached hydrogens (tertiary/aromatic N) is 1. The molecule has 2 rings (SSSR count). The van der Waals surface area contributed by atoms with Crippen molar-refractivity contribution in [2.75, 3.05) is 5.32 Å². The van der Waals surface area contributed by atoms with Gasteiger partial charge in [-0.15, -0.1) is 4.40 Å². The zero-order valence-electron chi connectivity index (χ0n) is 7.28. The molecule has 1 N–H and O–H groups in total. The predicted molar refractivity (Wildman–Crippen MR) is 58.1 cm³/mol. The fraction of sp³-hybridized carbons (Fsp3) is 0.125. The van der Waals surface area contributed by atoms with Gasteiger partial charge in [0.2, 0.25) is 0 Å². The third kappa shape index (κ3) is 1.55. The second-order valence-corrected chi connectivity index (χ2v) is 5.41. The molecule has 1 aromatic carbocycles. The third-order valence-electron chi connectivity index (χ3n) is 1.79. The maximum Gasteiger partial charge on any atom is 0.286 e. The van der Waals surface area contributed by atoms with Crippen molar-refractivity contribution in [1.29, 1.82) is 0 Å². The fourth-order valence-corrected chi connectivity index (χ4v) is 2.95. The summed E-state index contributed by atoms with van der Waals surface area (Å²) in [6, 6.07) is 5.02. The number of sulfonamides is 1. The Labute approximate surface area is 90.2 Å². The fourth-order valence-electron chi connectivity index (χ4n) is 1.26. The van der Waals surface area contributed by atoms with E-state index in [0.29, 0.717) is 11.5 Å². The number of nitrogens with one attached hydrogen (secondary N) is 1. The number of benzene rings is 1. The Bertz CT molecular complexity index is 522. The summed E-state index contributed by atoms with van der Waals surface area (Å²) in [5.74, 6) is 0.389. The highest BCUT2D eigenvalue weighted by atomic mass is 79.9. The number of rotatable bonds is 0. The minimum absolute atomic E-state index is 0.206. The first-order valence-electron chi connectivity index (χ1n) is 3.87. The first kappa shape index (κ1) is 9.67. The first-order chi connectivity index (χ1) is 6.49. The zero-order chi connectivity index (χ0) is 10.3. The van der Waals surface area contributed by atoms with Crippen molar-refractivity contribution in [3.63, 3.8) is 0 Å². The summed E-state index contributed by atoms with van der Waals surface area (Å²) in [4.78, 5) is 0.206. The number of halogens is 1. The van der Waals surface area contributed by atoms with Gasteiger partial charge in [-0.2, -0.15) is 8.42 Å². The van der Waals surface area contributed by atoms with Crippen LogP contribution in [0.2, 0.25) is 0 Å². The van der Waals surface area contributed by atoms with Crippen molar-refractivity contribution >= 4 is 37.5 Å². The van der Waals surface area contributed by atoms with E-state index in [4.69, 9.17) is 0 Å². The molecular formula is C8H7BrN2O2S. The Morgan fingerprint density at radius 3 is 2.86 bits per heavy atom. The molecule has 14 heavy (non-hydrogen) atoms. The van der Waals surface area contributed by atoms with E-state index in [-0.39, 0.29) is 4.90 Å². The molecule has 6 heteroatoms. The molecule has 0 spiro atoms. The number of fused-ring (bicyclic) bond motifs is 1. The average Bonchev–Trinajstić information content (AvgIpc) is 2.05. The maximum atomic E-state index is 11.6. The van der Waals surface area contributed by atoms with Crippen molar-refractivity contribution in [2.24, 2.45) is 4.40 Å². The number of hydrogen-bond acceptors (Lipinski definition) is 3. The van der Waals surface area contributed by atoms with Gasteiger partial charge in [0.15, 0.2) is 0 Å². The average molecular weight is 275 g/mol. The standard InChI is InChI=1S/C8H7BrN2O2S/c1-5-10-7-3-2-6(9)4-8(7)14(12,13)11-5/h2-4H,1H3,(H,10,11). The van der Waals surface area contributed by atoms with Gasteiger partial charge in [-0.3, -0.25) is 0 Å². The van der Waals surface area contributed by atoms with Crippen LogP contribution in [0, 0.1) is 0 Å². The van der Waals surface area contributed by atoms with Gasteiger partial charge in [-0.1, -0.05) is 15.9 Å². The summed E-state index contributed by atoms with van der Waals surface area (Å²) >= 11 is 3.22. The molecular weight excluding hydrogens is 268 g/mol. The van der Waals surface area contributed by atoms with Crippen LogP contribution in [0.5, 0.6) is 0 Å². The van der Waals surface area contributed by atoms with Crippen molar-refractivity contribution in [3.8, 4) is 0 Å². The van der Waals surface area contributed by atoms with Crippen LogP contribution in [0.3, 0.4) is 0 Å². The lowest BCUT2D eigenvalue weighted by Crippen LogP contribution is -2.18. The normalized spacial score (nSPS) is 18.0. The van der Waals surface area contributed by atoms with Crippen molar-refractivity contribution in [3.05, 3.63) is 22.7 Å². The predicted octanol–water partition coefficient (Wildman–Crippen LogP) is 1.98. The van der Waals surface area contributed by atoms with E-state index in [9.17, 15) is 8.42 Å². The number of anilines is 1. The van der Waals surface area contributed by atoms with Crippen molar-refractivity contribution < 1.29 is 8.42 Å². The van der Waals surface area contributed by atoms with E-state index in [1.165, 1.54) is 6.07 Å². The highest BCUT2D eigenvalue weighted by Gasteiger charge is 2.22. The molecule has 0 aliphatic carbocycles. The summed E-state index contributed by atoms with van der Waals surface area (Å²) in [6.45, 7) is 1.61. The molecule has 1 heterocycles. The zero-order valence-corrected chi connectivity index (χ0v) is 9.68. The Hall–Kier alpha value is -0.880. The molecule has 0 amide bonds. The molecule has 0 fully saturated rings. The molecule has 1 aromatic rings. The van der Waals surface area contributed by atoms with Crippen LogP contribution in [0.1, 0.15) is 6.92 Å². The lowest BCUT2D eigenvalue weighted by molar-refractivity contribution is 0.597. The molecule has 1 aliphatic heterocycles. The highest BCUT2D eigenvalue weighted by Crippen LogP contribution is 2.29. The maximum absolute atomic E-state index is 11.6. The molecule has 4 nitrogen and oxygen atoms in total. The van der Waals surface area contributed by atoms with E-state index in [0.717, 1.165) is 4.47 Å². The van der Waals surface area contributed by atoms with Crippen LogP contribution in [-0.2, 0) is 10.0 Å². The minimum Gasteiger partial charge on any atom is -0.342 e. The van der Waals surface area contributed by atoms with Gasteiger partial charge in [-0.05, 0) is 25.1 Å². The molecule has 0 radical (unpaired) electrons. The van der Waals surface area contributed by atoms with Crippen LogP contribution in [0.25, 0.3) is 0 Å². The van der Waals surface area contributed by atoms with Gasteiger partial charge in [-0.25, -0.2) is 0 Å². The summed E-state index contributed by atoms with van der Waals surface area (Å²) in [5, 5.41) is 2.89. The summed E-state index contributed by atoms with van der Waals surface area (Å²) < 4.78 is 27.4. The minimum atomic E-state index is -3.52. The molecule has 0 atom stereocenters. The third-order valence-corrected chi connectivity index (χ3v) is 3.70. The van der Waals surface area contributed by atoms with Crippen LogP contribution in [-0.4, -0.2) is 14.3 Å². The van der Waals surface area contributed by atoms with Gasteiger partial charge in [0, 0.05) is 4.47 Å². The molecule has 0 saturated carbocycles. The lowest BCUT2D eigenvalue weighted by Gasteiger charge is -2.15. The topological polar surface area (TPSA) is 58.5 Å². The van der Waals surface area contributed by atoms with E-state index in [1.807, 2.05) is 0 Å². The lowest BCUT2D eigenvalue weighted by atomic mass is 10.3. The largest absolute Gasteiger partial charge is 0.342 e. The summed E-state index contributed by atoms with van der Waals surface area (Å²) in [7, 11) is -3.52. The molecule has 74 valence electrons. The second kappa shape index (κ2) is 3.06. The van der Waals surface area contributed by atoms with Gasteiger partial charge in [0.1, 0.15) is 10.7 Å². The smallest absolute Gasteiger partial charge is 0.286 e. The number of hydrogen-bond donors (Lipinski definition) is 1. The van der Waals surface area contributed by atoms with E-state index in [2.05, 4.69) is 25.6 Å². The molecule has 0 bridgehead atoms. The molecule has 0 unspecified atom stereocenters. The molecule has 1 aliphatic rings. The number of amidine groups is 1. The van der Waals surface area contributed by atoms with E-state index < -0.39 is 10.0 Å². The Kier molecular flexibility index (Phi) is 2.11. The summed E-state index contributed by atoms with van der Waals surface area (Å²) in [5.41, 5.74) is 0.570. The van der Waals surface area contributed by atoms with Crippen LogP contribution >= 0.6 is 15.9 Å². The van der Waals surface area contributed by atoms with Crippen LogP contribution in [0.15, 0.2) is 32.0 Å². The SMILES string of the molecule is CC1=NS(=O)(=O)c2cc(Br)ccc2N1. The first-order valence-corrected chi connectivity index (χ1v) is 6.10. The van der Waals surface area contributed by atoms with Gasteiger partial charge >= 0.3 is 0 Å². The molecule has 0 saturated heterocycles. The van der Waals surface area contributed by atoms with Crippen molar-refractivity contribution in [1.82, 2.24) is 0 Å². The van der Waals surface area contributed by atoms with Crippen LogP contribution < -0.4 is 5.32 Å². The monoisotopic (exact) mass is 274 g/mol. The Morgan fingerprint density at radius 2 is 2.14 bits per heavy atom. The second-order valence-electron chi connectivity index (χ2n) is 2.92. The Morgan fingerprint density at radius 1 is 1.43 bits per heavy atom. The summed E-state index contributed by atoms with van der Waals surface area (Å²) in [6.07, 6.45) is 0. The molecule has 0 aromatic heterocycles. The highest BCUT2D eigenvalue weighted by molar-refractivity contribution is 9.10. The van der Waals surface area contributed by atoms with Gasteiger partial charge in [0.25, 0.3) is 10.0 Å². The van der Waals surface area contributed by atoms with Gasteiger partial charge < -0.3 is 5.32 Å². The van der Waals surface area contributed by atoms with Gasteiger partial charge in [0.05, 0.1) is 5.69 Å². The Balaban J connectivity index is 2.73. The van der Waals surface area contributed by atoms with E-state index >= 15 is 0 Å². The van der Waals surface area contributed by atoms with Crippen LogP contribution in [0.4, 0.5) is 5.69 Å². The quantitative estimate of drug-likeness (QED) is 0.787. The van der Waals surface area contributed by atoms with E-state index in [1.54, 1.807) is 19.1 Å². The van der Waals surface area contributed by atoms with Crippen molar-refractivity contribution in [2.45, 2.75) is 11.8 Å².